The van der Waals surface area contributed by atoms with E-state index in [2.05, 4.69) is 11.3 Å². The Morgan fingerprint density at radius 3 is 2.41 bits per heavy atom. The normalized spacial score (nSPS) is 13.6. The van der Waals surface area contributed by atoms with Crippen molar-refractivity contribution in [3.8, 4) is 5.75 Å². The Kier molecular flexibility index (Phi) is 3.34. The highest BCUT2D eigenvalue weighted by molar-refractivity contribution is 7.73. The second-order valence-corrected chi connectivity index (χ2v) is 5.44. The van der Waals surface area contributed by atoms with Gasteiger partial charge in [0, 0.05) is 11.1 Å². The number of thiol groups is 1. The highest BCUT2D eigenvalue weighted by Gasteiger charge is 2.33. The van der Waals surface area contributed by atoms with Crippen LogP contribution in [-0.2, 0) is 10.9 Å². The molecule has 1 heterocycles. The smallest absolute Gasteiger partial charge is 0.263 e. The number of hydrogen-bond acceptors (Lipinski definition) is 4. The van der Waals surface area contributed by atoms with Crippen LogP contribution >= 0.6 is 0 Å². The summed E-state index contributed by atoms with van der Waals surface area (Å²) in [5.41, 5.74) is 2.02. The number of anilines is 2. The Morgan fingerprint density at radius 1 is 1.09 bits per heavy atom. The van der Waals surface area contributed by atoms with Gasteiger partial charge in [0.15, 0.2) is 0 Å². The molecule has 0 saturated heterocycles. The first-order valence-electron chi connectivity index (χ1n) is 6.36. The number of fused-ring (bicyclic) bond motifs is 1. The highest BCUT2D eigenvalue weighted by Crippen LogP contribution is 2.40. The van der Waals surface area contributed by atoms with E-state index in [1.54, 1.807) is 24.3 Å². The van der Waals surface area contributed by atoms with Gasteiger partial charge < -0.3 is 5.11 Å². The zero-order chi connectivity index (χ0) is 15.9. The van der Waals surface area contributed by atoms with Crippen molar-refractivity contribution in [2.75, 3.05) is 9.62 Å². The van der Waals surface area contributed by atoms with Gasteiger partial charge in [-0.05, 0) is 24.3 Å². The Balaban J connectivity index is 2.09. The molecule has 3 rings (SSSR count). The van der Waals surface area contributed by atoms with Gasteiger partial charge in [-0.25, -0.2) is 8.42 Å². The van der Waals surface area contributed by atoms with E-state index in [1.807, 2.05) is 0 Å². The molecular weight excluding hydrogens is 304 g/mol. The minimum atomic E-state index is -2.84. The number of carbonyl (C=O) groups is 1. The maximum Gasteiger partial charge on any atom is 0.263 e. The topological polar surface area (TPSA) is 86.7 Å². The van der Waals surface area contributed by atoms with Crippen LogP contribution in [-0.4, -0.2) is 19.4 Å². The summed E-state index contributed by atoms with van der Waals surface area (Å²) in [6, 6.07) is 11.1. The number of carbonyl (C=O) groups excluding carboxylic acids is 1. The lowest BCUT2D eigenvalue weighted by Gasteiger charge is -2.19. The van der Waals surface area contributed by atoms with Gasteiger partial charge in [-0.15, -0.1) is 0 Å². The first-order valence-corrected chi connectivity index (χ1v) is 7.53. The lowest BCUT2D eigenvalue weighted by atomic mass is 10.1. The van der Waals surface area contributed by atoms with E-state index < -0.39 is 10.9 Å². The largest absolute Gasteiger partial charge is 0.506 e. The second-order valence-electron chi connectivity index (χ2n) is 4.71. The van der Waals surface area contributed by atoms with E-state index in [9.17, 15) is 18.3 Å². The molecular formula is C15H12N2O4S. The van der Waals surface area contributed by atoms with Crippen molar-refractivity contribution in [2.24, 2.45) is 0 Å². The van der Waals surface area contributed by atoms with Gasteiger partial charge >= 0.3 is 0 Å². The van der Waals surface area contributed by atoms with Gasteiger partial charge in [0.2, 0.25) is 10.9 Å². The molecule has 22 heavy (non-hydrogen) atoms. The number of aromatic hydroxyl groups is 1. The number of benzene rings is 2. The van der Waals surface area contributed by atoms with E-state index in [-0.39, 0.29) is 23.0 Å². The van der Waals surface area contributed by atoms with Gasteiger partial charge in [0.1, 0.15) is 5.75 Å². The predicted octanol–water partition coefficient (Wildman–Crippen LogP) is 1.96. The molecule has 0 bridgehead atoms. The molecule has 0 atom stereocenters. The summed E-state index contributed by atoms with van der Waals surface area (Å²) < 4.78 is 23.7. The van der Waals surface area contributed by atoms with Crippen molar-refractivity contribution in [3.05, 3.63) is 60.2 Å². The molecule has 2 aromatic carbocycles. The van der Waals surface area contributed by atoms with Gasteiger partial charge in [-0.2, -0.15) is 0 Å². The monoisotopic (exact) mass is 316 g/mol. The molecule has 2 aromatic rings. The molecule has 0 aliphatic carbocycles. The molecule has 0 aromatic heterocycles. The van der Waals surface area contributed by atoms with Crippen LogP contribution < -0.4 is 9.62 Å². The lowest BCUT2D eigenvalue weighted by molar-refractivity contribution is 0.101. The summed E-state index contributed by atoms with van der Waals surface area (Å²) in [5, 5.41) is 10.0. The second kappa shape index (κ2) is 5.19. The number of amides is 1. The van der Waals surface area contributed by atoms with E-state index in [0.717, 1.165) is 0 Å². The summed E-state index contributed by atoms with van der Waals surface area (Å²) in [6.45, 7) is 3.89. The van der Waals surface area contributed by atoms with Crippen LogP contribution in [0.25, 0.3) is 5.70 Å². The maximum absolute atomic E-state index is 12.5. The van der Waals surface area contributed by atoms with Crippen LogP contribution in [0.1, 0.15) is 15.9 Å². The Morgan fingerprint density at radius 2 is 1.77 bits per heavy atom. The maximum atomic E-state index is 12.5. The van der Waals surface area contributed by atoms with Crippen molar-refractivity contribution in [3.63, 3.8) is 0 Å². The third-order valence-corrected chi connectivity index (χ3v) is 3.82. The minimum absolute atomic E-state index is 0.144. The number of rotatable bonds is 3. The van der Waals surface area contributed by atoms with E-state index in [4.69, 9.17) is 0 Å². The van der Waals surface area contributed by atoms with Crippen molar-refractivity contribution in [1.29, 1.82) is 0 Å². The first-order chi connectivity index (χ1) is 10.5. The zero-order valence-corrected chi connectivity index (χ0v) is 12.2. The molecule has 1 aliphatic rings. The number of phenolic OH excluding ortho intramolecular Hbond substituents is 1. The number of phenols is 1. The first kappa shape index (κ1) is 14.2. The lowest BCUT2D eigenvalue weighted by Crippen LogP contribution is -2.22. The fourth-order valence-corrected chi connectivity index (χ4v) is 2.77. The SMILES string of the molecule is C=C1c2ccccc2C(=O)N1c1cc(N[SH](=O)=O)ccc1O. The van der Waals surface area contributed by atoms with Gasteiger partial charge in [-0.1, -0.05) is 24.8 Å². The standard InChI is InChI=1S/C15H12N2O4S/c1-9-11-4-2-3-5-12(11)15(19)17(9)13-8-10(16-22(20)21)6-7-14(13)18/h2-8,18,22H,1H2,(H,16,20,21). The molecule has 1 amide bonds. The van der Waals surface area contributed by atoms with E-state index in [1.165, 1.54) is 23.1 Å². The van der Waals surface area contributed by atoms with Crippen LogP contribution in [0.15, 0.2) is 49.0 Å². The van der Waals surface area contributed by atoms with Crippen LogP contribution in [0.2, 0.25) is 0 Å². The van der Waals surface area contributed by atoms with Gasteiger partial charge in [0.25, 0.3) is 5.91 Å². The fourth-order valence-electron chi connectivity index (χ4n) is 2.42. The molecule has 0 unspecified atom stereocenters. The summed E-state index contributed by atoms with van der Waals surface area (Å²) >= 11 is 0. The number of hydrogen-bond donors (Lipinski definition) is 3. The van der Waals surface area contributed by atoms with Crippen molar-refractivity contribution in [1.82, 2.24) is 0 Å². The Bertz CT molecular complexity index is 831. The van der Waals surface area contributed by atoms with E-state index >= 15 is 0 Å². The molecule has 112 valence electrons. The summed E-state index contributed by atoms with van der Waals surface area (Å²) in [5.74, 6) is -0.464. The molecule has 0 spiro atoms. The van der Waals surface area contributed by atoms with Gasteiger partial charge in [-0.3, -0.25) is 14.4 Å². The van der Waals surface area contributed by atoms with Gasteiger partial charge in [0.05, 0.1) is 17.1 Å². The van der Waals surface area contributed by atoms with Crippen LogP contribution in [0, 0.1) is 0 Å². The van der Waals surface area contributed by atoms with Crippen molar-refractivity contribution >= 4 is 33.9 Å². The average molecular weight is 316 g/mol. The molecule has 0 radical (unpaired) electrons. The molecule has 1 aliphatic heterocycles. The average Bonchev–Trinajstić information content (AvgIpc) is 2.73. The van der Waals surface area contributed by atoms with Crippen LogP contribution in [0.3, 0.4) is 0 Å². The minimum Gasteiger partial charge on any atom is -0.506 e. The molecule has 7 heteroatoms. The Hall–Kier alpha value is -2.80. The fraction of sp³-hybridized carbons (Fsp3) is 0. The summed E-state index contributed by atoms with van der Waals surface area (Å²) in [4.78, 5) is 13.8. The third kappa shape index (κ3) is 2.21. The predicted molar refractivity (Wildman–Crippen MR) is 84.3 cm³/mol. The molecule has 6 nitrogen and oxygen atoms in total. The molecule has 0 saturated carbocycles. The van der Waals surface area contributed by atoms with Crippen molar-refractivity contribution in [2.45, 2.75) is 0 Å². The molecule has 2 N–H and O–H groups in total. The third-order valence-electron chi connectivity index (χ3n) is 3.38. The molecule has 0 fully saturated rings. The van der Waals surface area contributed by atoms with E-state index in [0.29, 0.717) is 16.8 Å². The number of nitrogens with one attached hydrogen (secondary N) is 1. The zero-order valence-electron chi connectivity index (χ0n) is 11.3. The summed E-state index contributed by atoms with van der Waals surface area (Å²) in [6.07, 6.45) is 0. The van der Waals surface area contributed by atoms with Crippen LogP contribution in [0.5, 0.6) is 5.75 Å². The summed E-state index contributed by atoms with van der Waals surface area (Å²) in [7, 11) is -2.84. The highest BCUT2D eigenvalue weighted by atomic mass is 32.2. The number of nitrogens with zero attached hydrogens (tertiary/aromatic N) is 1. The van der Waals surface area contributed by atoms with Crippen molar-refractivity contribution < 1.29 is 18.3 Å². The Labute approximate surface area is 128 Å². The van der Waals surface area contributed by atoms with Crippen LogP contribution in [0.4, 0.5) is 11.4 Å². The quantitative estimate of drug-likeness (QED) is 0.597.